The van der Waals surface area contributed by atoms with Gasteiger partial charge in [-0.15, -0.1) is 11.3 Å². The summed E-state index contributed by atoms with van der Waals surface area (Å²) < 4.78 is 13.7. The summed E-state index contributed by atoms with van der Waals surface area (Å²) in [4.78, 5) is 27.8. The summed E-state index contributed by atoms with van der Waals surface area (Å²) in [6.45, 7) is 6.25. The number of thiophene rings is 1. The quantitative estimate of drug-likeness (QED) is 0.441. The van der Waals surface area contributed by atoms with Gasteiger partial charge in [-0.2, -0.15) is 0 Å². The minimum absolute atomic E-state index is 0.245. The Labute approximate surface area is 201 Å². The van der Waals surface area contributed by atoms with Crippen molar-refractivity contribution in [1.29, 1.82) is 0 Å². The molecule has 4 N–H and O–H groups in total. The molecule has 2 aliphatic heterocycles. The number of carboxylic acids is 2. The van der Waals surface area contributed by atoms with Crippen molar-refractivity contribution in [3.05, 3.63) is 52.7 Å². The number of aryl methyl sites for hydroxylation is 1. The Morgan fingerprint density at radius 2 is 1.79 bits per heavy atom. The molecular formula is C24H29FN4O4S. The van der Waals surface area contributed by atoms with E-state index >= 15 is 0 Å². The molecule has 1 aromatic carbocycles. The number of hydrogen-bond donors (Lipinski definition) is 4. The van der Waals surface area contributed by atoms with E-state index in [0.29, 0.717) is 12.2 Å². The number of halogens is 1. The van der Waals surface area contributed by atoms with Gasteiger partial charge in [0, 0.05) is 23.6 Å². The standard InChI is InChI=1S/C20H25FN4S.C4H4O4/c1-2-15-13-16-19(22-8-11-25-9-4-3-5-10-25)23-18-12-14(21)6-7-17(18)24-20(16)26-15;5-3(6)1-2-4(7)8/h6-7,12-13,24H,2-5,8-11H2,1H3,(H,22,23);1-2H,(H,5,6)(H,7,8)/b;2-1-. The number of aliphatic carboxylic acids is 2. The first-order valence-corrected chi connectivity index (χ1v) is 12.0. The van der Waals surface area contributed by atoms with Crippen LogP contribution >= 0.6 is 11.3 Å². The second-order valence-corrected chi connectivity index (χ2v) is 9.03. The van der Waals surface area contributed by atoms with Gasteiger partial charge >= 0.3 is 11.9 Å². The lowest BCUT2D eigenvalue weighted by Crippen LogP contribution is -2.32. The van der Waals surface area contributed by atoms with Crippen LogP contribution < -0.4 is 10.6 Å². The first-order chi connectivity index (χ1) is 16.4. The third kappa shape index (κ3) is 7.39. The summed E-state index contributed by atoms with van der Waals surface area (Å²) in [5.74, 6) is -1.92. The minimum Gasteiger partial charge on any atom is -0.478 e. The van der Waals surface area contributed by atoms with E-state index in [1.54, 1.807) is 17.4 Å². The van der Waals surface area contributed by atoms with E-state index in [2.05, 4.69) is 28.5 Å². The number of likely N-dealkylation sites (tertiary alicyclic amines) is 1. The zero-order chi connectivity index (χ0) is 24.5. The van der Waals surface area contributed by atoms with Crippen molar-refractivity contribution in [2.45, 2.75) is 32.6 Å². The number of aliphatic imine (C=N–C) groups is 1. The molecule has 0 unspecified atom stereocenters. The summed E-state index contributed by atoms with van der Waals surface area (Å²) >= 11 is 1.75. The number of nitrogens with zero attached hydrogens (tertiary/aromatic N) is 2. The fourth-order valence-electron chi connectivity index (χ4n) is 3.68. The van der Waals surface area contributed by atoms with Gasteiger partial charge in [0.15, 0.2) is 0 Å². The average Bonchev–Trinajstić information content (AvgIpc) is 3.17. The average molecular weight is 489 g/mol. The van der Waals surface area contributed by atoms with Crippen molar-refractivity contribution >= 4 is 45.5 Å². The van der Waals surface area contributed by atoms with Crippen LogP contribution in [0.25, 0.3) is 0 Å². The lowest BCUT2D eigenvalue weighted by Gasteiger charge is -2.25. The molecule has 4 rings (SSSR count). The maximum absolute atomic E-state index is 13.7. The molecule has 3 heterocycles. The zero-order valence-corrected chi connectivity index (χ0v) is 19.8. The van der Waals surface area contributed by atoms with Crippen LogP contribution in [0.15, 0.2) is 41.4 Å². The smallest absolute Gasteiger partial charge is 0.328 e. The van der Waals surface area contributed by atoms with Gasteiger partial charge in [0.1, 0.15) is 16.7 Å². The number of nitrogens with one attached hydrogen (secondary N) is 2. The molecule has 0 saturated carbocycles. The Hall–Kier alpha value is -3.24. The Bertz CT molecular complexity index is 1060. The normalized spacial score (nSPS) is 16.5. The van der Waals surface area contributed by atoms with Crippen LogP contribution in [0.3, 0.4) is 0 Å². The third-order valence-corrected chi connectivity index (χ3v) is 6.57. The SMILES string of the molecule is CCc1cc2c(s1)Nc1ccc(F)cc1NC2=NCCN1CCCCC1.O=C(O)/C=C\C(=O)O. The fraction of sp³-hybridized carbons (Fsp3) is 0.375. The molecule has 1 saturated heterocycles. The van der Waals surface area contributed by atoms with Gasteiger partial charge in [-0.3, -0.25) is 4.99 Å². The molecule has 1 aromatic heterocycles. The van der Waals surface area contributed by atoms with Crippen LogP contribution in [0.2, 0.25) is 0 Å². The molecule has 182 valence electrons. The minimum atomic E-state index is -1.26. The Balaban J connectivity index is 0.000000350. The van der Waals surface area contributed by atoms with Crippen LogP contribution in [-0.2, 0) is 16.0 Å². The van der Waals surface area contributed by atoms with Crippen molar-refractivity contribution in [2.24, 2.45) is 4.99 Å². The first-order valence-electron chi connectivity index (χ1n) is 11.2. The predicted molar refractivity (Wildman–Crippen MR) is 133 cm³/mol. The van der Waals surface area contributed by atoms with E-state index in [0.717, 1.165) is 47.3 Å². The van der Waals surface area contributed by atoms with Crippen LogP contribution in [0, 0.1) is 5.82 Å². The molecule has 2 aromatic rings. The van der Waals surface area contributed by atoms with Crippen molar-refractivity contribution in [3.8, 4) is 0 Å². The molecule has 0 bridgehead atoms. The summed E-state index contributed by atoms with van der Waals surface area (Å²) in [5, 5.41) is 23.5. The van der Waals surface area contributed by atoms with Crippen LogP contribution in [0.4, 0.5) is 20.8 Å². The molecule has 0 amide bonds. The summed E-state index contributed by atoms with van der Waals surface area (Å²) in [6.07, 6.45) is 6.04. The van der Waals surface area contributed by atoms with E-state index in [4.69, 9.17) is 15.2 Å². The summed E-state index contributed by atoms with van der Waals surface area (Å²) in [7, 11) is 0. The zero-order valence-electron chi connectivity index (χ0n) is 19.0. The Morgan fingerprint density at radius 3 is 2.44 bits per heavy atom. The molecule has 10 heteroatoms. The summed E-state index contributed by atoms with van der Waals surface area (Å²) in [5.41, 5.74) is 2.71. The topological polar surface area (TPSA) is 114 Å². The highest BCUT2D eigenvalue weighted by Gasteiger charge is 2.21. The van der Waals surface area contributed by atoms with Gasteiger partial charge in [0.2, 0.25) is 0 Å². The molecule has 34 heavy (non-hydrogen) atoms. The predicted octanol–water partition coefficient (Wildman–Crippen LogP) is 4.56. The maximum Gasteiger partial charge on any atom is 0.328 e. The van der Waals surface area contributed by atoms with Gasteiger partial charge in [-0.05, 0) is 56.6 Å². The Kier molecular flexibility index (Phi) is 9.17. The van der Waals surface area contributed by atoms with Crippen LogP contribution in [-0.4, -0.2) is 59.1 Å². The number of carboxylic acid groups (broad SMARTS) is 2. The largest absolute Gasteiger partial charge is 0.478 e. The van der Waals surface area contributed by atoms with Crippen molar-refractivity contribution < 1.29 is 24.2 Å². The van der Waals surface area contributed by atoms with Crippen molar-refractivity contribution in [3.63, 3.8) is 0 Å². The third-order valence-electron chi connectivity index (χ3n) is 5.37. The van der Waals surface area contributed by atoms with Gasteiger partial charge in [0.05, 0.1) is 23.5 Å². The van der Waals surface area contributed by atoms with Gasteiger partial charge in [0.25, 0.3) is 0 Å². The van der Waals surface area contributed by atoms with E-state index in [1.807, 2.05) is 0 Å². The molecule has 1 fully saturated rings. The molecule has 0 atom stereocenters. The Morgan fingerprint density at radius 1 is 1.09 bits per heavy atom. The second kappa shape index (κ2) is 12.3. The summed E-state index contributed by atoms with van der Waals surface area (Å²) in [6, 6.07) is 6.99. The van der Waals surface area contributed by atoms with E-state index in [1.165, 1.54) is 49.4 Å². The number of fused-ring (bicyclic) bond motifs is 2. The molecular weight excluding hydrogens is 459 g/mol. The van der Waals surface area contributed by atoms with E-state index in [-0.39, 0.29) is 5.82 Å². The number of rotatable bonds is 6. The lowest BCUT2D eigenvalue weighted by molar-refractivity contribution is -0.134. The number of carbonyl (C=O) groups is 2. The lowest BCUT2D eigenvalue weighted by atomic mass is 10.1. The number of hydrogen-bond acceptors (Lipinski definition) is 6. The molecule has 0 radical (unpaired) electrons. The van der Waals surface area contributed by atoms with Gasteiger partial charge < -0.3 is 25.7 Å². The maximum atomic E-state index is 13.7. The molecule has 0 aliphatic carbocycles. The van der Waals surface area contributed by atoms with Crippen LogP contribution in [0.5, 0.6) is 0 Å². The van der Waals surface area contributed by atoms with Crippen molar-refractivity contribution in [1.82, 2.24) is 4.90 Å². The number of anilines is 3. The highest BCUT2D eigenvalue weighted by Crippen LogP contribution is 2.38. The van der Waals surface area contributed by atoms with Gasteiger partial charge in [-0.1, -0.05) is 13.3 Å². The van der Waals surface area contributed by atoms with Gasteiger partial charge in [-0.25, -0.2) is 14.0 Å². The molecule has 2 aliphatic rings. The highest BCUT2D eigenvalue weighted by atomic mass is 32.1. The number of piperidine rings is 1. The monoisotopic (exact) mass is 488 g/mol. The molecule has 8 nitrogen and oxygen atoms in total. The van der Waals surface area contributed by atoms with Crippen LogP contribution in [0.1, 0.15) is 36.6 Å². The van der Waals surface area contributed by atoms with E-state index < -0.39 is 11.9 Å². The number of benzene rings is 1. The van der Waals surface area contributed by atoms with Crippen molar-refractivity contribution in [2.75, 3.05) is 36.8 Å². The second-order valence-electron chi connectivity index (χ2n) is 7.89. The first kappa shape index (κ1) is 25.4. The highest BCUT2D eigenvalue weighted by molar-refractivity contribution is 7.16. The fourth-order valence-corrected chi connectivity index (χ4v) is 4.69. The number of amidine groups is 1. The molecule has 0 spiro atoms. The van der Waals surface area contributed by atoms with E-state index in [9.17, 15) is 14.0 Å².